The summed E-state index contributed by atoms with van der Waals surface area (Å²) in [7, 11) is 0. The Bertz CT molecular complexity index is 430. The van der Waals surface area contributed by atoms with Gasteiger partial charge in [0.25, 0.3) is 5.91 Å². The van der Waals surface area contributed by atoms with Gasteiger partial charge in [0.05, 0.1) is 6.61 Å². The van der Waals surface area contributed by atoms with Crippen LogP contribution < -0.4 is 4.74 Å². The smallest absolute Gasteiger partial charge is 0.259 e. The number of amides is 1. The molecule has 0 aromatic carbocycles. The zero-order valence-electron chi connectivity index (χ0n) is 11.3. The van der Waals surface area contributed by atoms with Crippen molar-refractivity contribution in [3.05, 3.63) is 36.0 Å². The second-order valence-electron chi connectivity index (χ2n) is 4.07. The van der Waals surface area contributed by atoms with Crippen LogP contribution in [0.1, 0.15) is 31.1 Å². The molecule has 4 heteroatoms. The lowest BCUT2D eigenvalue weighted by molar-refractivity contribution is 0.0773. The monoisotopic (exact) mass is 248 g/mol. The van der Waals surface area contributed by atoms with E-state index < -0.39 is 0 Å². The van der Waals surface area contributed by atoms with E-state index in [0.29, 0.717) is 31.1 Å². The molecule has 98 valence electrons. The first-order chi connectivity index (χ1) is 8.60. The zero-order valence-corrected chi connectivity index (χ0v) is 11.3. The molecule has 0 aliphatic carbocycles. The number of aromatic nitrogens is 1. The maximum Gasteiger partial charge on any atom is 0.259 e. The Balaban J connectivity index is 2.97. The average molecular weight is 248 g/mol. The summed E-state index contributed by atoms with van der Waals surface area (Å²) in [6.45, 7) is 11.2. The van der Waals surface area contributed by atoms with Crippen LogP contribution in [0.5, 0.6) is 5.88 Å². The lowest BCUT2D eigenvalue weighted by Crippen LogP contribution is -2.32. The lowest BCUT2D eigenvalue weighted by atomic mass is 10.2. The van der Waals surface area contributed by atoms with Gasteiger partial charge in [-0.05, 0) is 32.9 Å². The molecular formula is C14H20N2O2. The first-order valence-corrected chi connectivity index (χ1v) is 6.11. The third-order valence-corrected chi connectivity index (χ3v) is 2.41. The number of nitrogens with zero attached hydrogens (tertiary/aromatic N) is 2. The van der Waals surface area contributed by atoms with Gasteiger partial charge >= 0.3 is 0 Å². The van der Waals surface area contributed by atoms with Crippen molar-refractivity contribution >= 4 is 5.91 Å². The molecule has 0 saturated heterocycles. The van der Waals surface area contributed by atoms with Crippen LogP contribution in [-0.4, -0.2) is 35.5 Å². The van der Waals surface area contributed by atoms with Crippen LogP contribution in [0.25, 0.3) is 0 Å². The number of hydrogen-bond donors (Lipinski definition) is 0. The zero-order chi connectivity index (χ0) is 13.5. The predicted octanol–water partition coefficient (Wildman–Crippen LogP) is 2.52. The lowest BCUT2D eigenvalue weighted by Gasteiger charge is -2.21. The van der Waals surface area contributed by atoms with Gasteiger partial charge in [-0.15, -0.1) is 0 Å². The van der Waals surface area contributed by atoms with Crippen molar-refractivity contribution < 1.29 is 9.53 Å². The Kier molecular flexibility index (Phi) is 5.36. The highest BCUT2D eigenvalue weighted by Crippen LogP contribution is 2.17. The van der Waals surface area contributed by atoms with Crippen LogP contribution in [0.4, 0.5) is 0 Å². The summed E-state index contributed by atoms with van der Waals surface area (Å²) in [6.07, 6.45) is 1.62. The fourth-order valence-corrected chi connectivity index (χ4v) is 1.63. The highest BCUT2D eigenvalue weighted by molar-refractivity contribution is 5.96. The molecule has 18 heavy (non-hydrogen) atoms. The molecule has 1 amide bonds. The quantitative estimate of drug-likeness (QED) is 0.726. The van der Waals surface area contributed by atoms with Crippen LogP contribution in [0.15, 0.2) is 30.5 Å². The van der Waals surface area contributed by atoms with Crippen LogP contribution in [0.2, 0.25) is 0 Å². The Labute approximate surface area is 108 Å². The molecule has 0 fully saturated rings. The van der Waals surface area contributed by atoms with Gasteiger partial charge in [-0.25, -0.2) is 4.98 Å². The summed E-state index contributed by atoms with van der Waals surface area (Å²) in [4.78, 5) is 18.2. The van der Waals surface area contributed by atoms with Gasteiger partial charge in [-0.3, -0.25) is 4.79 Å². The van der Waals surface area contributed by atoms with Crippen molar-refractivity contribution in [3.8, 4) is 5.88 Å². The molecule has 1 heterocycles. The summed E-state index contributed by atoms with van der Waals surface area (Å²) < 4.78 is 5.38. The highest BCUT2D eigenvalue weighted by atomic mass is 16.5. The van der Waals surface area contributed by atoms with Gasteiger partial charge in [0.2, 0.25) is 5.88 Å². The SMILES string of the molecule is C=C(C)CN(CC)C(=O)c1cccnc1OCC. The van der Waals surface area contributed by atoms with Gasteiger partial charge in [0.1, 0.15) is 5.56 Å². The number of pyridine rings is 1. The number of carbonyl (C=O) groups excluding carboxylic acids is 1. The van der Waals surface area contributed by atoms with Gasteiger partial charge in [0, 0.05) is 19.3 Å². The van der Waals surface area contributed by atoms with Crippen LogP contribution in [0, 0.1) is 0 Å². The van der Waals surface area contributed by atoms with E-state index in [1.807, 2.05) is 20.8 Å². The van der Waals surface area contributed by atoms with E-state index >= 15 is 0 Å². The molecule has 0 atom stereocenters. The number of ether oxygens (including phenoxy) is 1. The topological polar surface area (TPSA) is 42.4 Å². The van der Waals surface area contributed by atoms with E-state index in [1.54, 1.807) is 23.2 Å². The molecule has 1 aromatic rings. The molecule has 4 nitrogen and oxygen atoms in total. The summed E-state index contributed by atoms with van der Waals surface area (Å²) in [6, 6.07) is 3.48. The van der Waals surface area contributed by atoms with Gasteiger partial charge in [0.15, 0.2) is 0 Å². The number of rotatable bonds is 6. The molecule has 0 saturated carbocycles. The molecule has 0 aliphatic heterocycles. The third kappa shape index (κ3) is 3.58. The second-order valence-corrected chi connectivity index (χ2v) is 4.07. The standard InChI is InChI=1S/C14H20N2O2/c1-5-16(10-11(3)4)14(17)12-8-7-9-15-13(12)18-6-2/h7-9H,3,5-6,10H2,1-2,4H3. The predicted molar refractivity (Wildman–Crippen MR) is 71.8 cm³/mol. The van der Waals surface area contributed by atoms with E-state index in [9.17, 15) is 4.79 Å². The van der Waals surface area contributed by atoms with Crippen molar-refractivity contribution in [2.75, 3.05) is 19.7 Å². The molecule has 0 N–H and O–H groups in total. The molecule has 0 spiro atoms. The van der Waals surface area contributed by atoms with Crippen LogP contribution in [0.3, 0.4) is 0 Å². The average Bonchev–Trinajstić information content (AvgIpc) is 2.36. The minimum absolute atomic E-state index is 0.0722. The van der Waals surface area contributed by atoms with Gasteiger partial charge < -0.3 is 9.64 Å². The first-order valence-electron chi connectivity index (χ1n) is 6.11. The fraction of sp³-hybridized carbons (Fsp3) is 0.429. The maximum atomic E-state index is 12.4. The van der Waals surface area contributed by atoms with E-state index in [2.05, 4.69) is 11.6 Å². The number of hydrogen-bond acceptors (Lipinski definition) is 3. The Morgan fingerprint density at radius 3 is 2.78 bits per heavy atom. The second kappa shape index (κ2) is 6.79. The number of likely N-dealkylation sites (N-methyl/N-ethyl adjacent to an activating group) is 1. The fourth-order valence-electron chi connectivity index (χ4n) is 1.63. The summed E-state index contributed by atoms with van der Waals surface area (Å²) in [5.74, 6) is 0.321. The maximum absolute atomic E-state index is 12.4. The summed E-state index contributed by atoms with van der Waals surface area (Å²) >= 11 is 0. The molecule has 0 radical (unpaired) electrons. The molecule has 0 unspecified atom stereocenters. The number of carbonyl (C=O) groups is 1. The molecular weight excluding hydrogens is 228 g/mol. The molecule has 1 aromatic heterocycles. The van der Waals surface area contributed by atoms with Crippen LogP contribution >= 0.6 is 0 Å². The van der Waals surface area contributed by atoms with Crippen molar-refractivity contribution in [2.24, 2.45) is 0 Å². The summed E-state index contributed by atoms with van der Waals surface area (Å²) in [5.41, 5.74) is 1.45. The van der Waals surface area contributed by atoms with Crippen molar-refractivity contribution in [3.63, 3.8) is 0 Å². The molecule has 0 bridgehead atoms. The minimum atomic E-state index is -0.0722. The minimum Gasteiger partial charge on any atom is -0.477 e. The highest BCUT2D eigenvalue weighted by Gasteiger charge is 2.18. The third-order valence-electron chi connectivity index (χ3n) is 2.41. The van der Waals surface area contributed by atoms with Gasteiger partial charge in [-0.1, -0.05) is 12.2 Å². The molecule has 0 aliphatic rings. The first kappa shape index (κ1) is 14.2. The van der Waals surface area contributed by atoms with Gasteiger partial charge in [-0.2, -0.15) is 0 Å². The van der Waals surface area contributed by atoms with E-state index in [0.717, 1.165) is 5.57 Å². The Hall–Kier alpha value is -1.84. The normalized spacial score (nSPS) is 9.94. The Morgan fingerprint density at radius 2 is 2.22 bits per heavy atom. The van der Waals surface area contributed by atoms with Crippen molar-refractivity contribution in [1.29, 1.82) is 0 Å². The van der Waals surface area contributed by atoms with Crippen LogP contribution in [-0.2, 0) is 0 Å². The van der Waals surface area contributed by atoms with E-state index in [4.69, 9.17) is 4.74 Å². The van der Waals surface area contributed by atoms with Crippen molar-refractivity contribution in [2.45, 2.75) is 20.8 Å². The van der Waals surface area contributed by atoms with E-state index in [1.165, 1.54) is 0 Å². The Morgan fingerprint density at radius 1 is 1.50 bits per heavy atom. The van der Waals surface area contributed by atoms with E-state index in [-0.39, 0.29) is 5.91 Å². The largest absolute Gasteiger partial charge is 0.477 e. The summed E-state index contributed by atoms with van der Waals surface area (Å²) in [5, 5.41) is 0. The molecule has 1 rings (SSSR count). The van der Waals surface area contributed by atoms with Crippen molar-refractivity contribution in [1.82, 2.24) is 9.88 Å².